The second kappa shape index (κ2) is 8.64. The van der Waals surface area contributed by atoms with Gasteiger partial charge in [0.15, 0.2) is 0 Å². The van der Waals surface area contributed by atoms with E-state index in [0.29, 0.717) is 32.6 Å². The SMILES string of the molecule is Cn1cc([C@H]2CNC[C@@H]2C(=O)N2CCN(C(=O)CCC3CCCC3)CC2)cn1. The number of hydrogen-bond donors (Lipinski definition) is 1. The fourth-order valence-corrected chi connectivity index (χ4v) is 5.12. The molecule has 28 heavy (non-hydrogen) atoms. The van der Waals surface area contributed by atoms with E-state index in [1.54, 1.807) is 4.68 Å². The smallest absolute Gasteiger partial charge is 0.227 e. The minimum Gasteiger partial charge on any atom is -0.339 e. The Morgan fingerprint density at radius 3 is 2.50 bits per heavy atom. The average Bonchev–Trinajstić information content (AvgIpc) is 3.47. The molecule has 0 spiro atoms. The predicted octanol–water partition coefficient (Wildman–Crippen LogP) is 1.36. The maximum Gasteiger partial charge on any atom is 0.227 e. The molecule has 0 bridgehead atoms. The van der Waals surface area contributed by atoms with Gasteiger partial charge < -0.3 is 15.1 Å². The Labute approximate surface area is 167 Å². The molecule has 0 unspecified atom stereocenters. The molecule has 3 fully saturated rings. The van der Waals surface area contributed by atoms with Crippen LogP contribution in [0.4, 0.5) is 0 Å². The van der Waals surface area contributed by atoms with Crippen LogP contribution < -0.4 is 5.32 Å². The Morgan fingerprint density at radius 1 is 1.11 bits per heavy atom. The fraction of sp³-hybridized carbons (Fsp3) is 0.762. The van der Waals surface area contributed by atoms with Crippen molar-refractivity contribution in [2.24, 2.45) is 18.9 Å². The number of rotatable bonds is 5. The Hall–Kier alpha value is -1.89. The first kappa shape index (κ1) is 19.4. The minimum absolute atomic E-state index is 0.0335. The molecule has 7 nitrogen and oxygen atoms in total. The summed E-state index contributed by atoms with van der Waals surface area (Å²) in [5.41, 5.74) is 1.13. The zero-order chi connectivity index (χ0) is 19.5. The van der Waals surface area contributed by atoms with Crippen LogP contribution in [0.15, 0.2) is 12.4 Å². The van der Waals surface area contributed by atoms with E-state index in [9.17, 15) is 9.59 Å². The van der Waals surface area contributed by atoms with E-state index in [4.69, 9.17) is 0 Å². The van der Waals surface area contributed by atoms with Crippen molar-refractivity contribution in [1.82, 2.24) is 24.9 Å². The largest absolute Gasteiger partial charge is 0.339 e. The van der Waals surface area contributed by atoms with Crippen molar-refractivity contribution in [2.45, 2.75) is 44.4 Å². The number of carbonyl (C=O) groups excluding carboxylic acids is 2. The zero-order valence-corrected chi connectivity index (χ0v) is 17.0. The fourth-order valence-electron chi connectivity index (χ4n) is 5.12. The van der Waals surface area contributed by atoms with Crippen molar-refractivity contribution in [2.75, 3.05) is 39.3 Å². The molecular weight excluding hydrogens is 354 g/mol. The van der Waals surface area contributed by atoms with Crippen molar-refractivity contribution in [1.29, 1.82) is 0 Å². The Bertz CT molecular complexity index is 689. The van der Waals surface area contributed by atoms with Gasteiger partial charge >= 0.3 is 0 Å². The lowest BCUT2D eigenvalue weighted by atomic mass is 9.89. The van der Waals surface area contributed by atoms with Crippen LogP contribution in [-0.2, 0) is 16.6 Å². The van der Waals surface area contributed by atoms with Gasteiger partial charge in [0, 0.05) is 64.9 Å². The Balaban J connectivity index is 1.27. The summed E-state index contributed by atoms with van der Waals surface area (Å²) in [4.78, 5) is 29.6. The Kier molecular flexibility index (Phi) is 5.99. The maximum atomic E-state index is 13.1. The quantitative estimate of drug-likeness (QED) is 0.828. The highest BCUT2D eigenvalue weighted by atomic mass is 16.2. The van der Waals surface area contributed by atoms with Gasteiger partial charge in [-0.25, -0.2) is 0 Å². The number of aryl methyl sites for hydroxylation is 1. The first-order chi connectivity index (χ1) is 13.6. The summed E-state index contributed by atoms with van der Waals surface area (Å²) < 4.78 is 1.80. The van der Waals surface area contributed by atoms with Crippen LogP contribution in [0.2, 0.25) is 0 Å². The van der Waals surface area contributed by atoms with Gasteiger partial charge in [0.2, 0.25) is 11.8 Å². The summed E-state index contributed by atoms with van der Waals surface area (Å²) >= 11 is 0. The molecule has 1 aromatic rings. The zero-order valence-electron chi connectivity index (χ0n) is 17.0. The first-order valence-electron chi connectivity index (χ1n) is 10.9. The van der Waals surface area contributed by atoms with Crippen LogP contribution >= 0.6 is 0 Å². The molecule has 3 heterocycles. The van der Waals surface area contributed by atoms with Crippen LogP contribution in [0.1, 0.15) is 50.0 Å². The molecule has 154 valence electrons. The molecule has 2 atom stereocenters. The monoisotopic (exact) mass is 387 g/mol. The van der Waals surface area contributed by atoms with Gasteiger partial charge in [-0.05, 0) is 17.9 Å². The molecule has 1 aromatic heterocycles. The van der Waals surface area contributed by atoms with E-state index in [2.05, 4.69) is 10.4 Å². The number of piperazine rings is 1. The van der Waals surface area contributed by atoms with Crippen LogP contribution in [0, 0.1) is 11.8 Å². The van der Waals surface area contributed by atoms with E-state index in [1.165, 1.54) is 25.7 Å². The van der Waals surface area contributed by atoms with Crippen molar-refractivity contribution in [3.63, 3.8) is 0 Å². The molecule has 1 aliphatic carbocycles. The van der Waals surface area contributed by atoms with E-state index >= 15 is 0 Å². The molecular formula is C21H33N5O2. The van der Waals surface area contributed by atoms with Gasteiger partial charge in [-0.15, -0.1) is 0 Å². The topological polar surface area (TPSA) is 70.5 Å². The average molecular weight is 388 g/mol. The van der Waals surface area contributed by atoms with Gasteiger partial charge in [0.25, 0.3) is 0 Å². The molecule has 3 aliphatic rings. The van der Waals surface area contributed by atoms with Crippen LogP contribution in [0.3, 0.4) is 0 Å². The van der Waals surface area contributed by atoms with Crippen molar-refractivity contribution < 1.29 is 9.59 Å². The number of carbonyl (C=O) groups is 2. The normalized spacial score (nSPS) is 26.2. The van der Waals surface area contributed by atoms with Crippen LogP contribution in [0.5, 0.6) is 0 Å². The number of aromatic nitrogens is 2. The van der Waals surface area contributed by atoms with Gasteiger partial charge in [-0.1, -0.05) is 25.7 Å². The molecule has 2 amide bonds. The summed E-state index contributed by atoms with van der Waals surface area (Å²) in [7, 11) is 1.91. The molecule has 7 heteroatoms. The maximum absolute atomic E-state index is 13.1. The number of nitrogens with zero attached hydrogens (tertiary/aromatic N) is 4. The third-order valence-corrected chi connectivity index (χ3v) is 6.87. The lowest BCUT2D eigenvalue weighted by Gasteiger charge is -2.36. The van der Waals surface area contributed by atoms with Crippen molar-refractivity contribution in [3.8, 4) is 0 Å². The molecule has 2 aliphatic heterocycles. The second-order valence-electron chi connectivity index (χ2n) is 8.71. The lowest BCUT2D eigenvalue weighted by molar-refractivity contribution is -0.142. The van der Waals surface area contributed by atoms with Crippen molar-refractivity contribution in [3.05, 3.63) is 18.0 Å². The molecule has 4 rings (SSSR count). The molecule has 0 radical (unpaired) electrons. The summed E-state index contributed by atoms with van der Waals surface area (Å²) in [5.74, 6) is 1.40. The Morgan fingerprint density at radius 2 is 1.82 bits per heavy atom. The van der Waals surface area contributed by atoms with E-state index < -0.39 is 0 Å². The summed E-state index contributed by atoms with van der Waals surface area (Å²) in [6.07, 6.45) is 10.8. The first-order valence-corrected chi connectivity index (χ1v) is 10.9. The summed E-state index contributed by atoms with van der Waals surface area (Å²) in [6, 6.07) is 0. The molecule has 0 aromatic carbocycles. The van der Waals surface area contributed by atoms with E-state index in [0.717, 1.165) is 31.0 Å². The third kappa shape index (κ3) is 4.24. The van der Waals surface area contributed by atoms with Crippen LogP contribution in [-0.4, -0.2) is 70.7 Å². The number of nitrogens with one attached hydrogen (secondary N) is 1. The summed E-state index contributed by atoms with van der Waals surface area (Å²) in [5, 5.41) is 7.63. The van der Waals surface area contributed by atoms with Crippen LogP contribution in [0.25, 0.3) is 0 Å². The number of hydrogen-bond acceptors (Lipinski definition) is 4. The van der Waals surface area contributed by atoms with Crippen molar-refractivity contribution >= 4 is 11.8 Å². The minimum atomic E-state index is -0.0335. The van der Waals surface area contributed by atoms with Gasteiger partial charge in [-0.3, -0.25) is 14.3 Å². The second-order valence-corrected chi connectivity index (χ2v) is 8.71. The van der Waals surface area contributed by atoms with Gasteiger partial charge in [-0.2, -0.15) is 5.10 Å². The highest BCUT2D eigenvalue weighted by molar-refractivity contribution is 5.81. The highest BCUT2D eigenvalue weighted by Gasteiger charge is 2.38. The van der Waals surface area contributed by atoms with E-state index in [-0.39, 0.29) is 23.7 Å². The standard InChI is InChI=1S/C21H33N5O2/c1-24-15-17(12-23-24)18-13-22-14-19(18)21(28)26-10-8-25(9-11-26)20(27)7-6-16-4-2-3-5-16/h12,15-16,18-19,22H,2-11,13-14H2,1H3/t18-,19+/m1/s1. The van der Waals surface area contributed by atoms with Gasteiger partial charge in [0.1, 0.15) is 0 Å². The predicted molar refractivity (Wildman–Crippen MR) is 107 cm³/mol. The lowest BCUT2D eigenvalue weighted by Crippen LogP contribution is -2.52. The number of amides is 2. The highest BCUT2D eigenvalue weighted by Crippen LogP contribution is 2.30. The molecule has 2 saturated heterocycles. The molecule has 1 N–H and O–H groups in total. The summed E-state index contributed by atoms with van der Waals surface area (Å²) in [6.45, 7) is 4.20. The third-order valence-electron chi connectivity index (χ3n) is 6.87. The van der Waals surface area contributed by atoms with E-state index in [1.807, 2.05) is 29.2 Å². The van der Waals surface area contributed by atoms with Gasteiger partial charge in [0.05, 0.1) is 12.1 Å². The molecule has 1 saturated carbocycles.